The van der Waals surface area contributed by atoms with Gasteiger partial charge in [0.15, 0.2) is 9.84 Å². The van der Waals surface area contributed by atoms with Gasteiger partial charge in [-0.3, -0.25) is 14.3 Å². The highest BCUT2D eigenvalue weighted by Gasteiger charge is 2.34. The van der Waals surface area contributed by atoms with Crippen molar-refractivity contribution in [2.45, 2.75) is 43.7 Å². The summed E-state index contributed by atoms with van der Waals surface area (Å²) < 4.78 is 70.1. The molecule has 1 aromatic heterocycles. The van der Waals surface area contributed by atoms with E-state index in [4.69, 9.17) is 11.6 Å². The fraction of sp³-hybridized carbons (Fsp3) is 0.400. The maximum Gasteiger partial charge on any atom is 0.573 e. The molecule has 16 heteroatoms. The van der Waals surface area contributed by atoms with Crippen LogP contribution in [0.3, 0.4) is 0 Å². The van der Waals surface area contributed by atoms with Crippen molar-refractivity contribution in [1.82, 2.24) is 19.4 Å². The summed E-state index contributed by atoms with van der Waals surface area (Å²) in [5.41, 5.74) is -1.85. The second-order valence-corrected chi connectivity index (χ2v) is 12.3. The van der Waals surface area contributed by atoms with Gasteiger partial charge in [-0.15, -0.1) is 13.2 Å². The molecule has 3 aromatic rings. The summed E-state index contributed by atoms with van der Waals surface area (Å²) >= 11 is 6.04. The molecule has 2 aromatic carbocycles. The Hall–Kier alpha value is -3.56. The molecule has 0 bridgehead atoms. The Labute approximate surface area is 236 Å². The Kier molecular flexibility index (Phi) is 8.43. The van der Waals surface area contributed by atoms with Crippen LogP contribution in [0.2, 0.25) is 5.02 Å². The van der Waals surface area contributed by atoms with Crippen molar-refractivity contribution >= 4 is 38.4 Å². The predicted molar refractivity (Wildman–Crippen MR) is 143 cm³/mol. The molecule has 1 aliphatic rings. The van der Waals surface area contributed by atoms with Crippen molar-refractivity contribution in [3.63, 3.8) is 0 Å². The minimum Gasteiger partial charge on any atom is -0.465 e. The minimum absolute atomic E-state index is 0.0208. The highest BCUT2D eigenvalue weighted by Crippen LogP contribution is 2.31. The zero-order valence-corrected chi connectivity index (χ0v) is 23.4. The number of hydrogen-bond acceptors (Lipinski definition) is 7. The normalized spacial score (nSPS) is 16.3. The number of ether oxygens (including phenoxy) is 1. The fourth-order valence-corrected chi connectivity index (χ4v) is 6.09. The van der Waals surface area contributed by atoms with Gasteiger partial charge in [-0.2, -0.15) is 0 Å². The van der Waals surface area contributed by atoms with E-state index in [-0.39, 0.29) is 56.8 Å². The Balaban J connectivity index is 1.77. The summed E-state index contributed by atoms with van der Waals surface area (Å²) in [6, 6.07) is 5.64. The summed E-state index contributed by atoms with van der Waals surface area (Å²) in [4.78, 5) is 42.8. The van der Waals surface area contributed by atoms with Gasteiger partial charge in [0, 0.05) is 43.3 Å². The lowest BCUT2D eigenvalue weighted by atomic mass is 10.1. The van der Waals surface area contributed by atoms with Gasteiger partial charge in [0.1, 0.15) is 5.75 Å². The molecule has 2 heterocycles. The molecule has 11 nitrogen and oxygen atoms in total. The fourth-order valence-electron chi connectivity index (χ4n) is 4.78. The number of nitrogens with zero attached hydrogens (tertiary/aromatic N) is 3. The number of carbonyl (C=O) groups is 1. The van der Waals surface area contributed by atoms with Crippen LogP contribution in [0.1, 0.15) is 24.5 Å². The average Bonchev–Trinajstić information content (AvgIpc) is 3.34. The van der Waals surface area contributed by atoms with Crippen LogP contribution in [-0.4, -0.2) is 77.3 Å². The second kappa shape index (κ2) is 11.4. The topological polar surface area (TPSA) is 142 Å². The van der Waals surface area contributed by atoms with Crippen LogP contribution in [0.4, 0.5) is 18.0 Å². The summed E-state index contributed by atoms with van der Waals surface area (Å²) in [6.45, 7) is 1.49. The number of nitrogens with one attached hydrogen (secondary N) is 1. The number of carboxylic acid groups (broad SMARTS) is 1. The number of fused-ring (bicyclic) bond motifs is 1. The molecule has 1 aliphatic heterocycles. The SMILES string of the molecule is CCS(=O)(=O)c1ccc(Cl)cc1Cn1c(=O)[nH]c2cc(CN3CCC(N(C)C(=O)O)C3)c(OC(F)(F)F)cc2c1=O. The van der Waals surface area contributed by atoms with E-state index in [9.17, 15) is 41.1 Å². The number of hydrogen-bond donors (Lipinski definition) is 2. The summed E-state index contributed by atoms with van der Waals surface area (Å²) in [7, 11) is -2.36. The highest BCUT2D eigenvalue weighted by molar-refractivity contribution is 7.91. The first-order valence-electron chi connectivity index (χ1n) is 12.3. The maximum absolute atomic E-state index is 13.4. The zero-order chi connectivity index (χ0) is 30.3. The van der Waals surface area contributed by atoms with Crippen LogP contribution in [0.25, 0.3) is 10.9 Å². The molecule has 0 spiro atoms. The van der Waals surface area contributed by atoms with E-state index in [2.05, 4.69) is 9.72 Å². The zero-order valence-electron chi connectivity index (χ0n) is 21.9. The largest absolute Gasteiger partial charge is 0.573 e. The Morgan fingerprint density at radius 3 is 2.54 bits per heavy atom. The van der Waals surface area contributed by atoms with Crippen LogP contribution >= 0.6 is 11.6 Å². The van der Waals surface area contributed by atoms with Gasteiger partial charge in [0.2, 0.25) is 0 Å². The van der Waals surface area contributed by atoms with E-state index in [1.165, 1.54) is 38.2 Å². The van der Waals surface area contributed by atoms with Gasteiger partial charge in [-0.1, -0.05) is 18.5 Å². The molecule has 1 unspecified atom stereocenters. The molecule has 4 rings (SSSR count). The van der Waals surface area contributed by atoms with E-state index >= 15 is 0 Å². The molecule has 1 amide bonds. The molecule has 0 radical (unpaired) electrons. The van der Waals surface area contributed by atoms with E-state index in [0.29, 0.717) is 17.5 Å². The number of H-pyrrole nitrogens is 1. The van der Waals surface area contributed by atoms with Gasteiger partial charge >= 0.3 is 18.1 Å². The van der Waals surface area contributed by atoms with E-state index in [1.54, 1.807) is 4.90 Å². The monoisotopic (exact) mass is 618 g/mol. The first-order valence-corrected chi connectivity index (χ1v) is 14.4. The third-order valence-electron chi connectivity index (χ3n) is 6.95. The lowest BCUT2D eigenvalue weighted by Crippen LogP contribution is -2.38. The van der Waals surface area contributed by atoms with Crippen molar-refractivity contribution < 1.29 is 36.2 Å². The maximum atomic E-state index is 13.4. The lowest BCUT2D eigenvalue weighted by Gasteiger charge is -2.23. The molecule has 41 heavy (non-hydrogen) atoms. The molecule has 1 saturated heterocycles. The number of halogens is 4. The van der Waals surface area contributed by atoms with Crippen molar-refractivity contribution in [2.24, 2.45) is 0 Å². The third-order valence-corrected chi connectivity index (χ3v) is 9.01. The molecule has 0 saturated carbocycles. The number of sulfone groups is 1. The van der Waals surface area contributed by atoms with Crippen molar-refractivity contribution in [1.29, 1.82) is 0 Å². The van der Waals surface area contributed by atoms with Crippen LogP contribution in [0.15, 0.2) is 44.8 Å². The standard InChI is InChI=1S/C25H26ClF3N4O7S/c1-3-41(38,39)21-5-4-16(26)8-15(21)12-33-22(34)18-10-20(40-25(27,28)29)14(9-19(18)30-23(33)35)11-32-7-6-17(13-32)31(2)24(36)37/h4-5,8-10,17H,3,6-7,11-13H2,1-2H3,(H,30,35)(H,36,37). The van der Waals surface area contributed by atoms with Crippen LogP contribution in [-0.2, 0) is 22.9 Å². The number of benzene rings is 2. The molecule has 0 aliphatic carbocycles. The summed E-state index contributed by atoms with van der Waals surface area (Å²) in [6.07, 6.45) is -5.76. The highest BCUT2D eigenvalue weighted by atomic mass is 35.5. The molecular weight excluding hydrogens is 593 g/mol. The Bertz CT molecular complexity index is 1720. The van der Waals surface area contributed by atoms with Crippen molar-refractivity contribution in [2.75, 3.05) is 25.9 Å². The number of alkyl halides is 3. The smallest absolute Gasteiger partial charge is 0.465 e. The van der Waals surface area contributed by atoms with Gasteiger partial charge in [-0.05, 0) is 42.3 Å². The van der Waals surface area contributed by atoms with Crippen molar-refractivity contribution in [3.05, 3.63) is 67.3 Å². The minimum atomic E-state index is -5.09. The molecule has 222 valence electrons. The number of aromatic amines is 1. The van der Waals surface area contributed by atoms with Gasteiger partial charge < -0.3 is 19.7 Å². The van der Waals surface area contributed by atoms with Crippen LogP contribution in [0, 0.1) is 0 Å². The Morgan fingerprint density at radius 1 is 1.20 bits per heavy atom. The van der Waals surface area contributed by atoms with Gasteiger partial charge in [0.25, 0.3) is 5.56 Å². The molecule has 1 atom stereocenters. The molecule has 2 N–H and O–H groups in total. The van der Waals surface area contributed by atoms with Gasteiger partial charge in [-0.25, -0.2) is 18.0 Å². The number of aromatic nitrogens is 2. The Morgan fingerprint density at radius 2 is 1.90 bits per heavy atom. The van der Waals surface area contributed by atoms with E-state index in [1.807, 2.05) is 0 Å². The average molecular weight is 619 g/mol. The summed E-state index contributed by atoms with van der Waals surface area (Å²) in [5, 5.41) is 9.08. The number of amides is 1. The number of likely N-dealkylation sites (N-methyl/N-ethyl adjacent to an activating group) is 1. The van der Waals surface area contributed by atoms with E-state index < -0.39 is 45.8 Å². The van der Waals surface area contributed by atoms with Gasteiger partial charge in [0.05, 0.1) is 28.1 Å². The lowest BCUT2D eigenvalue weighted by molar-refractivity contribution is -0.274. The predicted octanol–water partition coefficient (Wildman–Crippen LogP) is 3.27. The quantitative estimate of drug-likeness (QED) is 0.392. The summed E-state index contributed by atoms with van der Waals surface area (Å²) in [5.74, 6) is -0.914. The first-order chi connectivity index (χ1) is 19.1. The van der Waals surface area contributed by atoms with E-state index in [0.717, 1.165) is 11.0 Å². The van der Waals surface area contributed by atoms with Crippen LogP contribution in [0.5, 0.6) is 5.75 Å². The number of rotatable bonds is 8. The third kappa shape index (κ3) is 6.68. The first kappa shape index (κ1) is 30.4. The van der Waals surface area contributed by atoms with Crippen LogP contribution < -0.4 is 16.0 Å². The molecular formula is C25H26ClF3N4O7S. The second-order valence-electron chi connectivity index (χ2n) is 9.60. The molecule has 1 fully saturated rings. The number of likely N-dealkylation sites (tertiary alicyclic amines) is 1. The van der Waals surface area contributed by atoms with Crippen molar-refractivity contribution in [3.8, 4) is 5.75 Å².